The summed E-state index contributed by atoms with van der Waals surface area (Å²) in [6.45, 7) is 3.15. The molecule has 0 radical (unpaired) electrons. The third kappa shape index (κ3) is 3.37. The summed E-state index contributed by atoms with van der Waals surface area (Å²) in [6, 6.07) is 31.8. The highest BCUT2D eigenvalue weighted by atomic mass is 16.7. The van der Waals surface area contributed by atoms with Crippen LogP contribution in [0.25, 0.3) is 0 Å². The van der Waals surface area contributed by atoms with Crippen LogP contribution in [0.4, 0.5) is 0 Å². The minimum atomic E-state index is -0.811. The van der Waals surface area contributed by atoms with E-state index in [1.165, 1.54) is 30.4 Å². The van der Waals surface area contributed by atoms with E-state index in [4.69, 9.17) is 9.47 Å². The molecule has 2 saturated heterocycles. The number of rotatable bonds is 4. The van der Waals surface area contributed by atoms with Gasteiger partial charge in [-0.1, -0.05) is 97.4 Å². The van der Waals surface area contributed by atoms with Crippen molar-refractivity contribution in [3.05, 3.63) is 108 Å². The van der Waals surface area contributed by atoms with E-state index < -0.39 is 5.91 Å². The number of likely N-dealkylation sites (tertiary alicyclic amines) is 1. The summed E-state index contributed by atoms with van der Waals surface area (Å²) in [7, 11) is 0. The second kappa shape index (κ2) is 8.35. The van der Waals surface area contributed by atoms with E-state index in [1.807, 2.05) is 0 Å². The first-order chi connectivity index (χ1) is 14.8. The van der Waals surface area contributed by atoms with Crippen LogP contribution >= 0.6 is 0 Å². The van der Waals surface area contributed by atoms with E-state index in [0.29, 0.717) is 13.2 Å². The molecule has 2 fully saturated rings. The average molecular weight is 400 g/mol. The smallest absolute Gasteiger partial charge is 0.258 e. The Hall–Kier alpha value is -2.46. The van der Waals surface area contributed by atoms with Crippen LogP contribution in [0.2, 0.25) is 0 Å². The molecule has 3 nitrogen and oxygen atoms in total. The van der Waals surface area contributed by atoms with Gasteiger partial charge in [-0.2, -0.15) is 0 Å². The molecule has 0 atom stereocenters. The Labute approximate surface area is 179 Å². The maximum Gasteiger partial charge on any atom is 0.258 e. The van der Waals surface area contributed by atoms with Gasteiger partial charge >= 0.3 is 0 Å². The van der Waals surface area contributed by atoms with Crippen LogP contribution in [0.3, 0.4) is 0 Å². The zero-order valence-electron chi connectivity index (χ0n) is 17.4. The summed E-state index contributed by atoms with van der Waals surface area (Å²) < 4.78 is 13.6. The zero-order chi connectivity index (χ0) is 20.3. The lowest BCUT2D eigenvalue weighted by molar-refractivity contribution is -0.367. The molecule has 0 aliphatic carbocycles. The lowest BCUT2D eigenvalue weighted by Gasteiger charge is -2.52. The normalized spacial score (nSPS) is 21.2. The van der Waals surface area contributed by atoms with Crippen LogP contribution in [-0.4, -0.2) is 31.2 Å². The standard InChI is InChI=1S/C27H29NO2/c1-5-13-23(14-6-1)26(24-15-7-2-8-16-24)21-29-27(30-22-26,25-17-9-3-10-18-25)28-19-11-4-12-20-28/h1-3,5-10,13-18H,4,11-12,19-22H2. The molecule has 2 aliphatic heterocycles. The number of hydrogen-bond acceptors (Lipinski definition) is 3. The zero-order valence-corrected chi connectivity index (χ0v) is 17.4. The van der Waals surface area contributed by atoms with Gasteiger partial charge in [0.05, 0.1) is 18.6 Å². The number of piperidine rings is 1. The summed E-state index contributed by atoms with van der Waals surface area (Å²) in [5.41, 5.74) is 3.23. The van der Waals surface area contributed by atoms with Crippen molar-refractivity contribution in [2.45, 2.75) is 30.6 Å². The van der Waals surface area contributed by atoms with Crippen LogP contribution < -0.4 is 0 Å². The first-order valence-electron chi connectivity index (χ1n) is 11.0. The van der Waals surface area contributed by atoms with E-state index in [2.05, 4.69) is 95.9 Å². The molecular weight excluding hydrogens is 370 g/mol. The first kappa shape index (κ1) is 19.5. The molecule has 3 aromatic carbocycles. The SMILES string of the molecule is c1ccc(C2(c3ccccc3)COC(c3ccccc3)(N3CCCCC3)OC2)cc1. The second-order valence-electron chi connectivity index (χ2n) is 8.39. The van der Waals surface area contributed by atoms with Crippen molar-refractivity contribution in [2.24, 2.45) is 0 Å². The van der Waals surface area contributed by atoms with E-state index in [0.717, 1.165) is 18.7 Å². The van der Waals surface area contributed by atoms with Gasteiger partial charge in [0.15, 0.2) is 0 Å². The molecule has 0 bridgehead atoms. The van der Waals surface area contributed by atoms with E-state index in [-0.39, 0.29) is 5.41 Å². The Morgan fingerprint density at radius 2 is 0.967 bits per heavy atom. The molecule has 2 heterocycles. The topological polar surface area (TPSA) is 21.7 Å². The van der Waals surface area contributed by atoms with Crippen LogP contribution in [0.15, 0.2) is 91.0 Å². The Bertz CT molecular complexity index is 887. The number of hydrogen-bond donors (Lipinski definition) is 0. The molecule has 0 N–H and O–H groups in total. The maximum atomic E-state index is 6.82. The molecule has 154 valence electrons. The van der Waals surface area contributed by atoms with Gasteiger partial charge in [0.2, 0.25) is 0 Å². The van der Waals surface area contributed by atoms with Crippen molar-refractivity contribution in [3.63, 3.8) is 0 Å². The summed E-state index contributed by atoms with van der Waals surface area (Å²) in [4.78, 5) is 2.39. The highest BCUT2D eigenvalue weighted by molar-refractivity contribution is 5.40. The molecule has 0 spiro atoms. The fourth-order valence-electron chi connectivity index (χ4n) is 4.91. The van der Waals surface area contributed by atoms with Crippen molar-refractivity contribution >= 4 is 0 Å². The number of benzene rings is 3. The van der Waals surface area contributed by atoms with Crippen LogP contribution in [-0.2, 0) is 20.8 Å². The lowest BCUT2D eigenvalue weighted by atomic mass is 9.75. The van der Waals surface area contributed by atoms with Gasteiger partial charge in [0.25, 0.3) is 5.91 Å². The molecule has 5 rings (SSSR count). The maximum absolute atomic E-state index is 6.82. The van der Waals surface area contributed by atoms with E-state index in [9.17, 15) is 0 Å². The van der Waals surface area contributed by atoms with Gasteiger partial charge in [0.1, 0.15) is 0 Å². The summed E-state index contributed by atoms with van der Waals surface area (Å²) in [5.74, 6) is -0.811. The molecule has 0 aromatic heterocycles. The third-order valence-electron chi connectivity index (χ3n) is 6.59. The quantitative estimate of drug-likeness (QED) is 0.593. The molecule has 0 unspecified atom stereocenters. The molecule has 3 aromatic rings. The highest BCUT2D eigenvalue weighted by Crippen LogP contribution is 2.44. The fraction of sp³-hybridized carbons (Fsp3) is 0.333. The van der Waals surface area contributed by atoms with Crippen LogP contribution in [0.5, 0.6) is 0 Å². The van der Waals surface area contributed by atoms with Crippen molar-refractivity contribution in [2.75, 3.05) is 26.3 Å². The summed E-state index contributed by atoms with van der Waals surface area (Å²) >= 11 is 0. The van der Waals surface area contributed by atoms with Gasteiger partial charge in [-0.05, 0) is 24.0 Å². The van der Waals surface area contributed by atoms with E-state index in [1.54, 1.807) is 0 Å². The van der Waals surface area contributed by atoms with Gasteiger partial charge < -0.3 is 9.47 Å². The Kier molecular flexibility index (Phi) is 5.43. The Morgan fingerprint density at radius 1 is 0.533 bits per heavy atom. The van der Waals surface area contributed by atoms with Gasteiger partial charge in [-0.3, -0.25) is 0 Å². The van der Waals surface area contributed by atoms with Crippen LogP contribution in [0, 0.1) is 0 Å². The lowest BCUT2D eigenvalue weighted by Crippen LogP contribution is -2.59. The van der Waals surface area contributed by atoms with Crippen molar-refractivity contribution < 1.29 is 9.47 Å². The highest BCUT2D eigenvalue weighted by Gasteiger charge is 2.51. The fourth-order valence-corrected chi connectivity index (χ4v) is 4.91. The van der Waals surface area contributed by atoms with Crippen molar-refractivity contribution in [1.82, 2.24) is 4.90 Å². The molecule has 0 saturated carbocycles. The predicted octanol–water partition coefficient (Wildman–Crippen LogP) is 5.32. The summed E-state index contributed by atoms with van der Waals surface area (Å²) in [5, 5.41) is 0. The van der Waals surface area contributed by atoms with E-state index >= 15 is 0 Å². The molecule has 30 heavy (non-hydrogen) atoms. The van der Waals surface area contributed by atoms with Crippen molar-refractivity contribution in [1.29, 1.82) is 0 Å². The second-order valence-corrected chi connectivity index (χ2v) is 8.39. The average Bonchev–Trinajstić information content (AvgIpc) is 2.86. The molecule has 0 amide bonds. The minimum absolute atomic E-state index is 0.323. The summed E-state index contributed by atoms with van der Waals surface area (Å²) in [6.07, 6.45) is 3.65. The Morgan fingerprint density at radius 3 is 1.43 bits per heavy atom. The molecule has 2 aliphatic rings. The third-order valence-corrected chi connectivity index (χ3v) is 6.59. The largest absolute Gasteiger partial charge is 0.332 e. The minimum Gasteiger partial charge on any atom is -0.332 e. The molecule has 3 heteroatoms. The monoisotopic (exact) mass is 399 g/mol. The first-order valence-corrected chi connectivity index (χ1v) is 11.0. The number of nitrogens with zero attached hydrogens (tertiary/aromatic N) is 1. The molecular formula is C27H29NO2. The van der Waals surface area contributed by atoms with Gasteiger partial charge in [-0.15, -0.1) is 0 Å². The Balaban J connectivity index is 1.55. The predicted molar refractivity (Wildman–Crippen MR) is 119 cm³/mol. The van der Waals surface area contributed by atoms with Crippen molar-refractivity contribution in [3.8, 4) is 0 Å². The van der Waals surface area contributed by atoms with Crippen LogP contribution in [0.1, 0.15) is 36.0 Å². The number of ether oxygens (including phenoxy) is 2. The van der Waals surface area contributed by atoms with Gasteiger partial charge in [-0.25, -0.2) is 4.90 Å². The van der Waals surface area contributed by atoms with Gasteiger partial charge in [0, 0.05) is 18.7 Å².